The topological polar surface area (TPSA) is 46.4 Å². The maximum Gasteiger partial charge on any atom is 0.324 e. The molecule has 0 unspecified atom stereocenters. The average Bonchev–Trinajstić information content (AvgIpc) is 2.86. The van der Waals surface area contributed by atoms with Crippen LogP contribution in [0.2, 0.25) is 10.0 Å². The molecule has 2 rings (SSSR count). The Bertz CT molecular complexity index is 660. The van der Waals surface area contributed by atoms with E-state index in [-0.39, 0.29) is 16.0 Å². The first-order valence-electron chi connectivity index (χ1n) is 6.25. The molecule has 0 fully saturated rings. The van der Waals surface area contributed by atoms with Crippen LogP contribution < -0.4 is 0 Å². The summed E-state index contributed by atoms with van der Waals surface area (Å²) in [7, 11) is 1.96. The normalized spacial score (nSPS) is 12.6. The predicted molar refractivity (Wildman–Crippen MR) is 87.3 cm³/mol. The number of nitrogens with zero attached hydrogens (tertiary/aromatic N) is 2. The molecule has 0 saturated heterocycles. The summed E-state index contributed by atoms with van der Waals surface area (Å²) in [5, 5.41) is 13.9. The van der Waals surface area contributed by atoms with Crippen molar-refractivity contribution in [1.82, 2.24) is 4.90 Å². The smallest absolute Gasteiger partial charge is 0.295 e. The Morgan fingerprint density at radius 1 is 1.38 bits per heavy atom. The van der Waals surface area contributed by atoms with Crippen molar-refractivity contribution in [2.45, 2.75) is 19.5 Å². The van der Waals surface area contributed by atoms with Gasteiger partial charge in [-0.15, -0.1) is 0 Å². The van der Waals surface area contributed by atoms with E-state index in [0.717, 1.165) is 22.5 Å². The predicted octanol–water partition coefficient (Wildman–Crippen LogP) is 5.16. The van der Waals surface area contributed by atoms with E-state index in [9.17, 15) is 10.1 Å². The highest BCUT2D eigenvalue weighted by atomic mass is 35.5. The van der Waals surface area contributed by atoms with Gasteiger partial charge >= 0.3 is 5.00 Å². The van der Waals surface area contributed by atoms with Crippen molar-refractivity contribution in [3.05, 3.63) is 60.9 Å². The molecule has 0 amide bonds. The Hall–Kier alpha value is -1.14. The Balaban J connectivity index is 2.11. The maximum absolute atomic E-state index is 10.7. The van der Waals surface area contributed by atoms with Crippen LogP contribution in [0.15, 0.2) is 29.6 Å². The second kappa shape index (κ2) is 6.75. The fourth-order valence-electron chi connectivity index (χ4n) is 2.04. The summed E-state index contributed by atoms with van der Waals surface area (Å²) in [4.78, 5) is 12.4. The summed E-state index contributed by atoms with van der Waals surface area (Å²) >= 11 is 13.3. The zero-order valence-electron chi connectivity index (χ0n) is 11.5. The van der Waals surface area contributed by atoms with Crippen molar-refractivity contribution in [3.63, 3.8) is 0 Å². The molecule has 4 nitrogen and oxygen atoms in total. The highest BCUT2D eigenvalue weighted by molar-refractivity contribution is 7.13. The minimum absolute atomic E-state index is 0.0775. The Kier molecular flexibility index (Phi) is 5.22. The summed E-state index contributed by atoms with van der Waals surface area (Å²) in [6.07, 6.45) is 0. The first kappa shape index (κ1) is 16.2. The number of hydrogen-bond donors (Lipinski definition) is 0. The lowest BCUT2D eigenvalue weighted by molar-refractivity contribution is -0.380. The molecule has 112 valence electrons. The van der Waals surface area contributed by atoms with Gasteiger partial charge in [0.05, 0.1) is 4.92 Å². The Morgan fingerprint density at radius 2 is 2.10 bits per heavy atom. The number of halogens is 2. The fourth-order valence-corrected chi connectivity index (χ4v) is 3.33. The van der Waals surface area contributed by atoms with Gasteiger partial charge in [0, 0.05) is 34.1 Å². The molecular weight excluding hydrogens is 331 g/mol. The van der Waals surface area contributed by atoms with Crippen molar-refractivity contribution in [2.75, 3.05) is 7.05 Å². The quantitative estimate of drug-likeness (QED) is 0.556. The van der Waals surface area contributed by atoms with Crippen LogP contribution in [0.4, 0.5) is 5.00 Å². The zero-order valence-corrected chi connectivity index (χ0v) is 13.9. The molecule has 0 bridgehead atoms. The lowest BCUT2D eigenvalue weighted by Crippen LogP contribution is -2.21. The lowest BCUT2D eigenvalue weighted by Gasteiger charge is -2.25. The highest BCUT2D eigenvalue weighted by Crippen LogP contribution is 2.31. The Labute approximate surface area is 137 Å². The molecular formula is C14H14Cl2N2O2S. The SMILES string of the molecule is C[C@H](c1ccc(Cl)cc1Cl)N(C)Cc1csc([N+](=O)[O-])c1. The van der Waals surface area contributed by atoms with E-state index in [4.69, 9.17) is 23.2 Å². The molecule has 0 aliphatic rings. The first-order chi connectivity index (χ1) is 9.88. The van der Waals surface area contributed by atoms with Crippen LogP contribution in [0.1, 0.15) is 24.1 Å². The largest absolute Gasteiger partial charge is 0.324 e. The van der Waals surface area contributed by atoms with E-state index >= 15 is 0 Å². The lowest BCUT2D eigenvalue weighted by atomic mass is 10.1. The van der Waals surface area contributed by atoms with Crippen molar-refractivity contribution in [1.29, 1.82) is 0 Å². The van der Waals surface area contributed by atoms with Gasteiger partial charge in [-0.3, -0.25) is 15.0 Å². The van der Waals surface area contributed by atoms with Gasteiger partial charge in [-0.2, -0.15) is 0 Å². The second-order valence-corrected chi connectivity index (χ2v) is 6.54. The third-order valence-electron chi connectivity index (χ3n) is 3.33. The molecule has 0 spiro atoms. The van der Waals surface area contributed by atoms with E-state index in [1.54, 1.807) is 12.1 Å². The van der Waals surface area contributed by atoms with Crippen LogP contribution in [0.25, 0.3) is 0 Å². The van der Waals surface area contributed by atoms with Crippen LogP contribution in [-0.4, -0.2) is 16.9 Å². The number of thiophene rings is 1. The molecule has 1 heterocycles. The second-order valence-electron chi connectivity index (χ2n) is 4.81. The van der Waals surface area contributed by atoms with Gasteiger partial charge in [0.2, 0.25) is 0 Å². The van der Waals surface area contributed by atoms with E-state index in [1.165, 1.54) is 0 Å². The van der Waals surface area contributed by atoms with Crippen LogP contribution in [0, 0.1) is 10.1 Å². The van der Waals surface area contributed by atoms with Gasteiger partial charge in [-0.1, -0.05) is 40.6 Å². The van der Waals surface area contributed by atoms with E-state index in [1.807, 2.05) is 31.5 Å². The summed E-state index contributed by atoms with van der Waals surface area (Å²) in [6.45, 7) is 2.65. The first-order valence-corrected chi connectivity index (χ1v) is 7.89. The molecule has 0 saturated carbocycles. The third kappa shape index (κ3) is 3.95. The molecule has 7 heteroatoms. The number of benzene rings is 1. The molecule has 1 aromatic heterocycles. The minimum Gasteiger partial charge on any atom is -0.295 e. The summed E-state index contributed by atoms with van der Waals surface area (Å²) < 4.78 is 0. The van der Waals surface area contributed by atoms with E-state index in [2.05, 4.69) is 4.90 Å². The molecule has 1 atom stereocenters. The highest BCUT2D eigenvalue weighted by Gasteiger charge is 2.17. The van der Waals surface area contributed by atoms with Crippen molar-refractivity contribution >= 4 is 39.5 Å². The van der Waals surface area contributed by atoms with Crippen molar-refractivity contribution in [2.24, 2.45) is 0 Å². The van der Waals surface area contributed by atoms with Gasteiger partial charge in [0.25, 0.3) is 0 Å². The maximum atomic E-state index is 10.7. The number of rotatable bonds is 5. The number of nitro groups is 1. The Morgan fingerprint density at radius 3 is 2.67 bits per heavy atom. The number of hydrogen-bond acceptors (Lipinski definition) is 4. The monoisotopic (exact) mass is 344 g/mol. The van der Waals surface area contributed by atoms with Gasteiger partial charge < -0.3 is 0 Å². The molecule has 0 aliphatic heterocycles. The molecule has 21 heavy (non-hydrogen) atoms. The molecule has 1 aromatic carbocycles. The zero-order chi connectivity index (χ0) is 15.6. The molecule has 0 N–H and O–H groups in total. The van der Waals surface area contributed by atoms with Crippen LogP contribution in [-0.2, 0) is 6.54 Å². The van der Waals surface area contributed by atoms with Gasteiger partial charge in [-0.25, -0.2) is 0 Å². The van der Waals surface area contributed by atoms with Gasteiger partial charge in [0.1, 0.15) is 0 Å². The van der Waals surface area contributed by atoms with E-state index < -0.39 is 0 Å². The van der Waals surface area contributed by atoms with E-state index in [0.29, 0.717) is 16.6 Å². The van der Waals surface area contributed by atoms with Crippen LogP contribution in [0.5, 0.6) is 0 Å². The molecule has 0 aliphatic carbocycles. The third-order valence-corrected chi connectivity index (χ3v) is 4.82. The fraction of sp³-hybridized carbons (Fsp3) is 0.286. The van der Waals surface area contributed by atoms with Gasteiger partial charge in [0.15, 0.2) is 0 Å². The molecule has 0 radical (unpaired) electrons. The summed E-state index contributed by atoms with van der Waals surface area (Å²) in [6, 6.07) is 7.12. The van der Waals surface area contributed by atoms with Crippen molar-refractivity contribution < 1.29 is 4.92 Å². The molecule has 2 aromatic rings. The summed E-state index contributed by atoms with van der Waals surface area (Å²) in [5.74, 6) is 0. The van der Waals surface area contributed by atoms with Crippen LogP contribution in [0.3, 0.4) is 0 Å². The van der Waals surface area contributed by atoms with Crippen molar-refractivity contribution in [3.8, 4) is 0 Å². The minimum atomic E-state index is -0.367. The standard InChI is InChI=1S/C14H14Cl2N2O2S/c1-9(12-4-3-11(15)6-13(12)16)17(2)7-10-5-14(18(19)20)21-8-10/h3-6,8-9H,7H2,1-2H3/t9-/m1/s1. The average molecular weight is 345 g/mol. The van der Waals surface area contributed by atoms with Crippen LogP contribution >= 0.6 is 34.5 Å². The summed E-state index contributed by atoms with van der Waals surface area (Å²) in [5.41, 5.74) is 1.90. The van der Waals surface area contributed by atoms with Gasteiger partial charge in [-0.05, 0) is 37.2 Å².